The van der Waals surface area contributed by atoms with E-state index in [1.165, 1.54) is 0 Å². The first-order chi connectivity index (χ1) is 13.0. The molecule has 1 fully saturated rings. The van der Waals surface area contributed by atoms with E-state index in [1.807, 2.05) is 36.4 Å². The zero-order valence-electron chi connectivity index (χ0n) is 15.3. The van der Waals surface area contributed by atoms with Crippen LogP contribution < -0.4 is 0 Å². The van der Waals surface area contributed by atoms with Crippen LogP contribution in [0.15, 0.2) is 60.7 Å². The zero-order valence-corrected chi connectivity index (χ0v) is 15.3. The maximum Gasteiger partial charge on any atom is 0.418 e. The van der Waals surface area contributed by atoms with E-state index >= 15 is 0 Å². The molecule has 0 unspecified atom stereocenters. The second-order valence-electron chi connectivity index (χ2n) is 6.34. The summed E-state index contributed by atoms with van der Waals surface area (Å²) in [5.74, 6) is -1.55. The molecule has 6 nitrogen and oxygen atoms in total. The Morgan fingerprint density at radius 1 is 1.07 bits per heavy atom. The summed E-state index contributed by atoms with van der Waals surface area (Å²) in [6.45, 7) is 3.44. The fraction of sp³-hybridized carbons (Fsp3) is 0.286. The number of hydrogen-bond acceptors (Lipinski definition) is 5. The number of cyclic esters (lactones) is 1. The van der Waals surface area contributed by atoms with E-state index in [9.17, 15) is 14.4 Å². The summed E-state index contributed by atoms with van der Waals surface area (Å²) in [4.78, 5) is 39.5. The molecule has 2 aromatic carbocycles. The van der Waals surface area contributed by atoms with Gasteiger partial charge in [-0.1, -0.05) is 60.7 Å². The van der Waals surface area contributed by atoms with Gasteiger partial charge in [0.2, 0.25) is 0 Å². The summed E-state index contributed by atoms with van der Waals surface area (Å²) in [5.41, 5.74) is -0.541. The van der Waals surface area contributed by atoms with E-state index in [-0.39, 0.29) is 13.0 Å². The number of amides is 2. The van der Waals surface area contributed by atoms with Gasteiger partial charge < -0.3 is 9.47 Å². The van der Waals surface area contributed by atoms with E-state index in [4.69, 9.17) is 9.47 Å². The molecule has 1 saturated heterocycles. The number of nitrogens with zero attached hydrogens (tertiary/aromatic N) is 1. The molecule has 1 aliphatic rings. The summed E-state index contributed by atoms with van der Waals surface area (Å²) in [6.07, 6.45) is -0.921. The molecule has 0 saturated carbocycles. The molecule has 140 valence electrons. The van der Waals surface area contributed by atoms with Gasteiger partial charge in [-0.05, 0) is 25.0 Å². The summed E-state index contributed by atoms with van der Waals surface area (Å²) in [7, 11) is 0. The molecule has 0 aliphatic carbocycles. The van der Waals surface area contributed by atoms with Crippen molar-refractivity contribution in [3.05, 3.63) is 71.8 Å². The minimum absolute atomic E-state index is 0.0742. The van der Waals surface area contributed by atoms with E-state index in [0.717, 1.165) is 10.5 Å². The standard InChI is InChI=1S/C21H21NO5/c1-3-26-19(24)21(14-16-10-6-4-7-11-16)18(23)22(20(25)27-21)15(2)17-12-8-5-9-13-17/h4-13,15H,3,14H2,1-2H3/t15-,21-/m1/s1. The molecule has 0 bridgehead atoms. The van der Waals surface area contributed by atoms with Crippen molar-refractivity contribution >= 4 is 18.0 Å². The van der Waals surface area contributed by atoms with Gasteiger partial charge in [-0.2, -0.15) is 0 Å². The van der Waals surface area contributed by atoms with E-state index in [2.05, 4.69) is 0 Å². The number of benzene rings is 2. The topological polar surface area (TPSA) is 72.9 Å². The molecule has 0 N–H and O–H groups in total. The van der Waals surface area contributed by atoms with E-state index in [1.54, 1.807) is 38.1 Å². The molecule has 27 heavy (non-hydrogen) atoms. The predicted octanol–water partition coefficient (Wildman–Crippen LogP) is 3.27. The highest BCUT2D eigenvalue weighted by Gasteiger charge is 2.61. The molecule has 6 heteroatoms. The second-order valence-corrected chi connectivity index (χ2v) is 6.34. The van der Waals surface area contributed by atoms with Gasteiger partial charge in [0.25, 0.3) is 11.5 Å². The second kappa shape index (κ2) is 7.61. The number of carbonyl (C=O) groups excluding carboxylic acids is 3. The largest absolute Gasteiger partial charge is 0.463 e. The first-order valence-corrected chi connectivity index (χ1v) is 8.82. The van der Waals surface area contributed by atoms with Crippen LogP contribution in [0, 0.1) is 0 Å². The van der Waals surface area contributed by atoms with Crippen molar-refractivity contribution in [3.8, 4) is 0 Å². The molecule has 1 heterocycles. The van der Waals surface area contributed by atoms with Crippen molar-refractivity contribution in [2.45, 2.75) is 31.9 Å². The van der Waals surface area contributed by atoms with Crippen LogP contribution >= 0.6 is 0 Å². The molecule has 1 aliphatic heterocycles. The smallest absolute Gasteiger partial charge is 0.418 e. The summed E-state index contributed by atoms with van der Waals surface area (Å²) < 4.78 is 10.5. The number of rotatable bonds is 6. The Balaban J connectivity index is 1.98. The van der Waals surface area contributed by atoms with Crippen molar-refractivity contribution in [1.29, 1.82) is 0 Å². The zero-order chi connectivity index (χ0) is 19.4. The van der Waals surface area contributed by atoms with Crippen LogP contribution in [-0.2, 0) is 25.5 Å². The lowest BCUT2D eigenvalue weighted by molar-refractivity contribution is -0.167. The SMILES string of the molecule is CCOC(=O)[C@]1(Cc2ccccc2)OC(=O)N([C@H](C)c2ccccc2)C1=O. The Kier molecular flexibility index (Phi) is 5.26. The van der Waals surface area contributed by atoms with Crippen LogP contribution in [0.1, 0.15) is 31.0 Å². The Labute approximate surface area is 157 Å². The molecule has 2 amide bonds. The highest BCUT2D eigenvalue weighted by atomic mass is 16.6. The highest BCUT2D eigenvalue weighted by molar-refractivity contribution is 6.16. The molecule has 0 radical (unpaired) electrons. The average Bonchev–Trinajstić information content (AvgIpc) is 2.93. The van der Waals surface area contributed by atoms with Gasteiger partial charge in [0, 0.05) is 6.42 Å². The number of esters is 1. The van der Waals surface area contributed by atoms with Crippen LogP contribution in [0.4, 0.5) is 4.79 Å². The van der Waals surface area contributed by atoms with Crippen molar-refractivity contribution in [2.75, 3.05) is 6.61 Å². The molecule has 0 spiro atoms. The van der Waals surface area contributed by atoms with E-state index < -0.39 is 29.6 Å². The lowest BCUT2D eigenvalue weighted by Crippen LogP contribution is -2.51. The number of ether oxygens (including phenoxy) is 2. The normalized spacial score (nSPS) is 20.3. The average molecular weight is 367 g/mol. The third-order valence-corrected chi connectivity index (χ3v) is 4.59. The van der Waals surface area contributed by atoms with Crippen molar-refractivity contribution in [2.24, 2.45) is 0 Å². The third kappa shape index (κ3) is 3.43. The summed E-state index contributed by atoms with van der Waals surface area (Å²) in [5, 5.41) is 0. The van der Waals surface area contributed by atoms with Crippen LogP contribution in [0.5, 0.6) is 0 Å². The quantitative estimate of drug-likeness (QED) is 0.579. The molecule has 2 atom stereocenters. The predicted molar refractivity (Wildman–Crippen MR) is 97.7 cm³/mol. The first kappa shape index (κ1) is 18.6. The van der Waals surface area contributed by atoms with Crippen molar-refractivity contribution in [3.63, 3.8) is 0 Å². The van der Waals surface area contributed by atoms with Crippen LogP contribution in [0.3, 0.4) is 0 Å². The Bertz CT molecular complexity index is 836. The molecular weight excluding hydrogens is 346 g/mol. The Morgan fingerprint density at radius 3 is 2.26 bits per heavy atom. The minimum atomic E-state index is -2.00. The number of hydrogen-bond donors (Lipinski definition) is 0. The van der Waals surface area contributed by atoms with Gasteiger partial charge >= 0.3 is 12.1 Å². The monoisotopic (exact) mass is 367 g/mol. The molecule has 2 aromatic rings. The van der Waals surface area contributed by atoms with Crippen molar-refractivity contribution in [1.82, 2.24) is 4.90 Å². The lowest BCUT2D eigenvalue weighted by atomic mass is 9.92. The fourth-order valence-electron chi connectivity index (χ4n) is 3.18. The summed E-state index contributed by atoms with van der Waals surface area (Å²) in [6, 6.07) is 17.5. The third-order valence-electron chi connectivity index (χ3n) is 4.59. The lowest BCUT2D eigenvalue weighted by Gasteiger charge is -2.24. The maximum atomic E-state index is 13.3. The molecular formula is C21H21NO5. The Hall–Kier alpha value is -3.15. The minimum Gasteiger partial charge on any atom is -0.463 e. The van der Waals surface area contributed by atoms with E-state index in [0.29, 0.717) is 5.56 Å². The van der Waals surface area contributed by atoms with Crippen LogP contribution in [0.25, 0.3) is 0 Å². The van der Waals surface area contributed by atoms with Gasteiger partial charge in [0.05, 0.1) is 12.6 Å². The maximum absolute atomic E-state index is 13.3. The van der Waals surface area contributed by atoms with Crippen LogP contribution in [0.2, 0.25) is 0 Å². The Morgan fingerprint density at radius 2 is 1.67 bits per heavy atom. The van der Waals surface area contributed by atoms with Gasteiger partial charge in [-0.3, -0.25) is 4.79 Å². The highest BCUT2D eigenvalue weighted by Crippen LogP contribution is 2.35. The van der Waals surface area contributed by atoms with Gasteiger partial charge in [-0.15, -0.1) is 0 Å². The van der Waals surface area contributed by atoms with Gasteiger partial charge in [0.15, 0.2) is 0 Å². The first-order valence-electron chi connectivity index (χ1n) is 8.82. The number of carbonyl (C=O) groups is 3. The number of imide groups is 1. The van der Waals surface area contributed by atoms with Gasteiger partial charge in [-0.25, -0.2) is 14.5 Å². The van der Waals surface area contributed by atoms with Gasteiger partial charge in [0.1, 0.15) is 0 Å². The fourth-order valence-corrected chi connectivity index (χ4v) is 3.18. The molecule has 3 rings (SSSR count). The van der Waals surface area contributed by atoms with Crippen LogP contribution in [-0.4, -0.2) is 35.1 Å². The molecule has 0 aromatic heterocycles. The van der Waals surface area contributed by atoms with Crippen molar-refractivity contribution < 1.29 is 23.9 Å². The summed E-state index contributed by atoms with van der Waals surface area (Å²) >= 11 is 0.